The molecule has 1 saturated carbocycles. The van der Waals surface area contributed by atoms with E-state index >= 15 is 0 Å². The predicted molar refractivity (Wildman–Crippen MR) is 78.4 cm³/mol. The van der Waals surface area contributed by atoms with Gasteiger partial charge in [-0.05, 0) is 19.8 Å². The number of rotatable bonds is 5. The van der Waals surface area contributed by atoms with Crippen molar-refractivity contribution in [3.63, 3.8) is 0 Å². The van der Waals surface area contributed by atoms with E-state index in [1.807, 2.05) is 0 Å². The van der Waals surface area contributed by atoms with Gasteiger partial charge in [-0.15, -0.1) is 11.3 Å². The van der Waals surface area contributed by atoms with Crippen LogP contribution < -0.4 is 15.8 Å². The summed E-state index contributed by atoms with van der Waals surface area (Å²) in [7, 11) is -3.93. The topological polar surface area (TPSA) is 119 Å². The van der Waals surface area contributed by atoms with Crippen LogP contribution in [0.2, 0.25) is 0 Å². The van der Waals surface area contributed by atoms with Gasteiger partial charge in [0.2, 0.25) is 5.91 Å². The number of hydrogen-bond acceptors (Lipinski definition) is 6. The van der Waals surface area contributed by atoms with Crippen LogP contribution in [-0.2, 0) is 14.8 Å². The summed E-state index contributed by atoms with van der Waals surface area (Å²) >= 11 is 1.28. The fourth-order valence-electron chi connectivity index (χ4n) is 1.94. The second kappa shape index (κ2) is 4.97. The van der Waals surface area contributed by atoms with Gasteiger partial charge in [-0.3, -0.25) is 9.20 Å². The van der Waals surface area contributed by atoms with Crippen molar-refractivity contribution >= 4 is 38.0 Å². The first-order valence-electron chi connectivity index (χ1n) is 6.42. The van der Waals surface area contributed by atoms with E-state index < -0.39 is 16.1 Å². The lowest BCUT2D eigenvalue weighted by molar-refractivity contribution is -0.122. The summed E-state index contributed by atoms with van der Waals surface area (Å²) in [5.41, 5.74) is 5.68. The average Bonchev–Trinajstić information content (AvgIpc) is 2.97. The van der Waals surface area contributed by atoms with Gasteiger partial charge in [-0.1, -0.05) is 0 Å². The zero-order valence-electron chi connectivity index (χ0n) is 11.2. The number of hydrogen-bond donors (Lipinski definition) is 3. The Morgan fingerprint density at radius 2 is 2.29 bits per heavy atom. The van der Waals surface area contributed by atoms with E-state index in [0.29, 0.717) is 4.96 Å². The molecule has 1 amide bonds. The van der Waals surface area contributed by atoms with Gasteiger partial charge >= 0.3 is 0 Å². The molecule has 1 atom stereocenters. The zero-order valence-corrected chi connectivity index (χ0v) is 12.9. The van der Waals surface area contributed by atoms with Gasteiger partial charge in [0.25, 0.3) is 10.0 Å². The number of nitrogens with one attached hydrogen (secondary N) is 2. The number of nitrogens with zero attached hydrogens (tertiary/aromatic N) is 2. The van der Waals surface area contributed by atoms with Gasteiger partial charge in [-0.2, -0.15) is 4.72 Å². The van der Waals surface area contributed by atoms with Crippen molar-refractivity contribution in [2.24, 2.45) is 0 Å². The molecule has 114 valence electrons. The van der Waals surface area contributed by atoms with Crippen LogP contribution in [0.4, 0.5) is 5.82 Å². The second-order valence-electron chi connectivity index (χ2n) is 4.98. The Balaban J connectivity index is 1.84. The summed E-state index contributed by atoms with van der Waals surface area (Å²) in [6.07, 6.45) is 3.46. The lowest BCUT2D eigenvalue weighted by Gasteiger charge is -2.14. The Morgan fingerprint density at radius 3 is 2.95 bits per heavy atom. The quantitative estimate of drug-likeness (QED) is 0.709. The maximum atomic E-state index is 12.4. The molecule has 4 N–H and O–H groups in total. The maximum absolute atomic E-state index is 12.4. The number of sulfonamides is 1. The highest BCUT2D eigenvalue weighted by molar-refractivity contribution is 7.89. The van der Waals surface area contributed by atoms with Crippen LogP contribution in [0.5, 0.6) is 0 Å². The minimum Gasteiger partial charge on any atom is -0.381 e. The highest BCUT2D eigenvalue weighted by atomic mass is 32.2. The molecule has 1 unspecified atom stereocenters. The molecule has 0 aliphatic heterocycles. The van der Waals surface area contributed by atoms with Crippen LogP contribution in [0.3, 0.4) is 0 Å². The Kier molecular flexibility index (Phi) is 3.38. The number of thiazole rings is 1. The summed E-state index contributed by atoms with van der Waals surface area (Å²) in [5.74, 6) is -0.421. The number of nitrogens with two attached hydrogens (primary N) is 1. The maximum Gasteiger partial charge on any atom is 0.261 e. The van der Waals surface area contributed by atoms with Gasteiger partial charge in [0.1, 0.15) is 0 Å². The summed E-state index contributed by atoms with van der Waals surface area (Å²) in [5, 5.41) is 4.33. The number of carbonyl (C=O) groups is 1. The largest absolute Gasteiger partial charge is 0.381 e. The third-order valence-electron chi connectivity index (χ3n) is 3.15. The Labute approximate surface area is 125 Å². The van der Waals surface area contributed by atoms with Gasteiger partial charge in [0.05, 0.1) is 6.04 Å². The van der Waals surface area contributed by atoms with E-state index in [1.165, 1.54) is 22.7 Å². The van der Waals surface area contributed by atoms with Gasteiger partial charge in [-0.25, -0.2) is 13.4 Å². The molecule has 0 spiro atoms. The van der Waals surface area contributed by atoms with Crippen molar-refractivity contribution in [2.45, 2.75) is 36.9 Å². The second-order valence-corrected chi connectivity index (χ2v) is 7.49. The average molecular weight is 329 g/mol. The van der Waals surface area contributed by atoms with Crippen LogP contribution >= 0.6 is 11.3 Å². The standard InChI is InChI=1S/C11H15N5O3S2/c1-6(9(17)13-7-2-3-7)15-21(18,19)10-8(12)14-11-16(10)4-5-20-11/h4-7,15H,2-3,12H2,1H3,(H,13,17). The van der Waals surface area contributed by atoms with Crippen LogP contribution in [0.15, 0.2) is 16.6 Å². The molecular formula is C11H15N5O3S2. The van der Waals surface area contributed by atoms with Crippen molar-refractivity contribution in [3.8, 4) is 0 Å². The van der Waals surface area contributed by atoms with Gasteiger partial charge in [0.15, 0.2) is 15.8 Å². The van der Waals surface area contributed by atoms with Crippen molar-refractivity contribution in [1.82, 2.24) is 19.4 Å². The van der Waals surface area contributed by atoms with Crippen LogP contribution in [-0.4, -0.2) is 35.8 Å². The molecule has 2 heterocycles. The molecule has 1 aliphatic carbocycles. The predicted octanol–water partition coefficient (Wildman–Crippen LogP) is -0.0766. The number of imidazole rings is 1. The minimum absolute atomic E-state index is 0.0795. The highest BCUT2D eigenvalue weighted by Crippen LogP contribution is 2.23. The molecule has 1 aliphatic rings. The third-order valence-corrected chi connectivity index (χ3v) is 5.48. The van der Waals surface area contributed by atoms with Crippen LogP contribution in [0.25, 0.3) is 4.96 Å². The molecule has 8 nitrogen and oxygen atoms in total. The normalized spacial score (nSPS) is 17.0. The van der Waals surface area contributed by atoms with E-state index in [0.717, 1.165) is 12.8 Å². The van der Waals surface area contributed by atoms with Crippen molar-refractivity contribution < 1.29 is 13.2 Å². The molecule has 3 rings (SSSR count). The minimum atomic E-state index is -3.93. The molecule has 2 aromatic heterocycles. The van der Waals surface area contributed by atoms with Crippen molar-refractivity contribution in [3.05, 3.63) is 11.6 Å². The van der Waals surface area contributed by atoms with Crippen molar-refractivity contribution in [2.75, 3.05) is 5.73 Å². The fraction of sp³-hybridized carbons (Fsp3) is 0.455. The van der Waals surface area contributed by atoms with Gasteiger partial charge < -0.3 is 11.1 Å². The molecule has 0 aromatic carbocycles. The first kappa shape index (κ1) is 14.3. The first-order chi connectivity index (χ1) is 9.88. The molecular weight excluding hydrogens is 314 g/mol. The highest BCUT2D eigenvalue weighted by Gasteiger charge is 2.30. The number of anilines is 1. The molecule has 1 fully saturated rings. The summed E-state index contributed by atoms with van der Waals surface area (Å²) < 4.78 is 28.6. The molecule has 21 heavy (non-hydrogen) atoms. The van der Waals surface area contributed by atoms with E-state index in [4.69, 9.17) is 5.73 Å². The number of nitrogen functional groups attached to an aromatic ring is 1. The number of aromatic nitrogens is 2. The molecule has 2 aromatic rings. The van der Waals surface area contributed by atoms with Crippen LogP contribution in [0, 0.1) is 0 Å². The SMILES string of the molecule is CC(NS(=O)(=O)c1c(N)nc2sccn12)C(=O)NC1CC1. The molecule has 0 saturated heterocycles. The fourth-order valence-corrected chi connectivity index (χ4v) is 4.14. The monoisotopic (exact) mass is 329 g/mol. The Bertz CT molecular complexity index is 790. The Hall–Kier alpha value is -1.65. The van der Waals surface area contributed by atoms with Crippen LogP contribution in [0.1, 0.15) is 19.8 Å². The summed E-state index contributed by atoms with van der Waals surface area (Å²) in [6, 6.07) is -0.702. The summed E-state index contributed by atoms with van der Waals surface area (Å²) in [6.45, 7) is 1.50. The van der Waals surface area contributed by atoms with E-state index in [9.17, 15) is 13.2 Å². The summed E-state index contributed by atoms with van der Waals surface area (Å²) in [4.78, 5) is 16.3. The number of amides is 1. The third kappa shape index (κ3) is 2.74. The smallest absolute Gasteiger partial charge is 0.261 e. The van der Waals surface area contributed by atoms with Crippen molar-refractivity contribution in [1.29, 1.82) is 0 Å². The lowest BCUT2D eigenvalue weighted by Crippen LogP contribution is -2.45. The lowest BCUT2D eigenvalue weighted by atomic mass is 10.3. The number of carbonyl (C=O) groups excluding carboxylic acids is 1. The Morgan fingerprint density at radius 1 is 1.57 bits per heavy atom. The molecule has 0 radical (unpaired) electrons. The van der Waals surface area contributed by atoms with E-state index in [2.05, 4.69) is 15.0 Å². The number of fused-ring (bicyclic) bond motifs is 1. The molecule has 10 heteroatoms. The zero-order chi connectivity index (χ0) is 15.2. The molecule has 0 bridgehead atoms. The van der Waals surface area contributed by atoms with E-state index in [-0.39, 0.29) is 22.8 Å². The first-order valence-corrected chi connectivity index (χ1v) is 8.78. The van der Waals surface area contributed by atoms with Gasteiger partial charge in [0, 0.05) is 17.6 Å². The van der Waals surface area contributed by atoms with E-state index in [1.54, 1.807) is 11.6 Å².